The lowest BCUT2D eigenvalue weighted by molar-refractivity contribution is 0.590. The molecular formula is C10H11ClIN. The van der Waals surface area contributed by atoms with Crippen LogP contribution in [0.3, 0.4) is 0 Å². The third-order valence-corrected chi connectivity index (χ3v) is 4.25. The zero-order valence-electron chi connectivity index (χ0n) is 7.40. The fraction of sp³-hybridized carbons (Fsp3) is 0.400. The van der Waals surface area contributed by atoms with E-state index in [9.17, 15) is 0 Å². The van der Waals surface area contributed by atoms with Crippen LogP contribution in [0.2, 0.25) is 5.02 Å². The average Bonchev–Trinajstić information content (AvgIpc) is 2.55. The molecule has 1 aromatic rings. The summed E-state index contributed by atoms with van der Waals surface area (Å²) in [5.74, 6) is 0. The van der Waals surface area contributed by atoms with Gasteiger partial charge in [-0.15, -0.1) is 0 Å². The fourth-order valence-electron chi connectivity index (χ4n) is 1.93. The second-order valence-corrected chi connectivity index (χ2v) is 4.85. The Hall–Kier alpha value is 0.200. The summed E-state index contributed by atoms with van der Waals surface area (Å²) < 4.78 is 1.15. The van der Waals surface area contributed by atoms with Crippen molar-refractivity contribution in [2.75, 3.05) is 7.05 Å². The number of aryl methyl sites for hydroxylation is 1. The maximum atomic E-state index is 6.26. The van der Waals surface area contributed by atoms with Crippen LogP contribution in [0.15, 0.2) is 12.1 Å². The average molecular weight is 308 g/mol. The van der Waals surface area contributed by atoms with E-state index in [0.29, 0.717) is 6.04 Å². The normalized spacial score (nSPS) is 20.4. The monoisotopic (exact) mass is 307 g/mol. The summed E-state index contributed by atoms with van der Waals surface area (Å²) in [5, 5.41) is 4.24. The molecule has 0 radical (unpaired) electrons. The highest BCUT2D eigenvalue weighted by Gasteiger charge is 2.24. The number of rotatable bonds is 1. The van der Waals surface area contributed by atoms with Crippen LogP contribution in [-0.2, 0) is 6.42 Å². The maximum absolute atomic E-state index is 6.26. The molecule has 3 heteroatoms. The van der Waals surface area contributed by atoms with Crippen molar-refractivity contribution in [3.63, 3.8) is 0 Å². The summed E-state index contributed by atoms with van der Waals surface area (Å²) in [4.78, 5) is 0. The van der Waals surface area contributed by atoms with Crippen LogP contribution in [0.5, 0.6) is 0 Å². The molecule has 0 spiro atoms. The van der Waals surface area contributed by atoms with Gasteiger partial charge in [0.1, 0.15) is 0 Å². The molecule has 0 amide bonds. The molecule has 0 saturated heterocycles. The Morgan fingerprint density at radius 2 is 2.31 bits per heavy atom. The zero-order valence-corrected chi connectivity index (χ0v) is 10.3. The lowest BCUT2D eigenvalue weighted by Gasteiger charge is -2.12. The van der Waals surface area contributed by atoms with Gasteiger partial charge in [-0.25, -0.2) is 0 Å². The molecule has 0 heterocycles. The first kappa shape index (κ1) is 9.74. The predicted molar refractivity (Wildman–Crippen MR) is 64.3 cm³/mol. The predicted octanol–water partition coefficient (Wildman–Crippen LogP) is 3.15. The minimum Gasteiger partial charge on any atom is -0.313 e. The first-order valence-electron chi connectivity index (χ1n) is 4.38. The van der Waals surface area contributed by atoms with Crippen LogP contribution in [0.4, 0.5) is 0 Å². The van der Waals surface area contributed by atoms with Crippen LogP contribution in [0.25, 0.3) is 0 Å². The molecule has 1 nitrogen and oxygen atoms in total. The Bertz CT molecular complexity index is 338. The number of benzene rings is 1. The molecule has 0 bridgehead atoms. The summed E-state index contributed by atoms with van der Waals surface area (Å²) in [6.45, 7) is 0. The van der Waals surface area contributed by atoms with Gasteiger partial charge in [-0.2, -0.15) is 0 Å². The Kier molecular flexibility index (Phi) is 2.81. The Morgan fingerprint density at radius 1 is 1.54 bits per heavy atom. The Balaban J connectivity index is 2.54. The van der Waals surface area contributed by atoms with Gasteiger partial charge in [0.2, 0.25) is 0 Å². The molecule has 1 aliphatic carbocycles. The first-order chi connectivity index (χ1) is 6.24. The second-order valence-electron chi connectivity index (χ2n) is 3.31. The number of nitrogens with one attached hydrogen (secondary N) is 1. The lowest BCUT2D eigenvalue weighted by Crippen LogP contribution is -2.13. The van der Waals surface area contributed by atoms with Crippen LogP contribution in [-0.4, -0.2) is 7.05 Å². The van der Waals surface area contributed by atoms with Crippen molar-refractivity contribution in [1.82, 2.24) is 5.32 Å². The van der Waals surface area contributed by atoms with Crippen LogP contribution < -0.4 is 5.32 Å². The van der Waals surface area contributed by atoms with Gasteiger partial charge < -0.3 is 5.32 Å². The molecule has 0 saturated carbocycles. The van der Waals surface area contributed by atoms with E-state index in [2.05, 4.69) is 40.0 Å². The van der Waals surface area contributed by atoms with E-state index in [1.165, 1.54) is 17.5 Å². The summed E-state index contributed by atoms with van der Waals surface area (Å²) in [7, 11) is 2.00. The summed E-state index contributed by atoms with van der Waals surface area (Å²) in [5.41, 5.74) is 2.72. The zero-order chi connectivity index (χ0) is 9.42. The van der Waals surface area contributed by atoms with Gasteiger partial charge in [0, 0.05) is 9.61 Å². The first-order valence-corrected chi connectivity index (χ1v) is 5.83. The standard InChI is InChI=1S/C10H11ClIN/c1-13-8-5-3-6-2-4-7(12)10(11)9(6)8/h2,4,8,13H,3,5H2,1H3. The molecular weight excluding hydrogens is 296 g/mol. The largest absolute Gasteiger partial charge is 0.313 e. The number of fused-ring (bicyclic) bond motifs is 1. The van der Waals surface area contributed by atoms with Crippen molar-refractivity contribution in [3.8, 4) is 0 Å². The van der Waals surface area contributed by atoms with E-state index in [1.807, 2.05) is 7.05 Å². The fourth-order valence-corrected chi connectivity index (χ4v) is 2.72. The summed E-state index contributed by atoms with van der Waals surface area (Å²) >= 11 is 8.55. The van der Waals surface area contributed by atoms with Gasteiger partial charge in [-0.3, -0.25) is 0 Å². The molecule has 13 heavy (non-hydrogen) atoms. The number of halogens is 2. The molecule has 1 aliphatic rings. The van der Waals surface area contributed by atoms with Crippen LogP contribution in [0.1, 0.15) is 23.6 Å². The molecule has 1 unspecified atom stereocenters. The summed E-state index contributed by atoms with van der Waals surface area (Å²) in [6.07, 6.45) is 2.32. The lowest BCUT2D eigenvalue weighted by atomic mass is 10.1. The second kappa shape index (κ2) is 3.75. The van der Waals surface area contributed by atoms with Crippen molar-refractivity contribution in [3.05, 3.63) is 31.9 Å². The maximum Gasteiger partial charge on any atom is 0.0590 e. The van der Waals surface area contributed by atoms with E-state index in [-0.39, 0.29) is 0 Å². The highest BCUT2D eigenvalue weighted by Crippen LogP contribution is 2.38. The smallest absolute Gasteiger partial charge is 0.0590 e. The highest BCUT2D eigenvalue weighted by molar-refractivity contribution is 14.1. The quantitative estimate of drug-likeness (QED) is 0.786. The summed E-state index contributed by atoms with van der Waals surface area (Å²) in [6, 6.07) is 4.75. The minimum atomic E-state index is 0.456. The minimum absolute atomic E-state index is 0.456. The van der Waals surface area contributed by atoms with Crippen molar-refractivity contribution in [1.29, 1.82) is 0 Å². The van der Waals surface area contributed by atoms with Gasteiger partial charge in [0.25, 0.3) is 0 Å². The van der Waals surface area contributed by atoms with Crippen LogP contribution in [0, 0.1) is 3.57 Å². The topological polar surface area (TPSA) is 12.0 Å². The molecule has 1 aromatic carbocycles. The van der Waals surface area contributed by atoms with E-state index >= 15 is 0 Å². The third-order valence-electron chi connectivity index (χ3n) is 2.62. The SMILES string of the molecule is CNC1CCc2ccc(I)c(Cl)c21. The Labute approximate surface area is 97.0 Å². The van der Waals surface area contributed by atoms with E-state index < -0.39 is 0 Å². The molecule has 2 rings (SSSR count). The molecule has 0 aromatic heterocycles. The van der Waals surface area contributed by atoms with E-state index in [1.54, 1.807) is 0 Å². The number of hydrogen-bond acceptors (Lipinski definition) is 1. The van der Waals surface area contributed by atoms with E-state index in [4.69, 9.17) is 11.6 Å². The van der Waals surface area contributed by atoms with Crippen molar-refractivity contribution >= 4 is 34.2 Å². The van der Waals surface area contributed by atoms with Gasteiger partial charge in [-0.1, -0.05) is 17.7 Å². The van der Waals surface area contributed by atoms with Crippen molar-refractivity contribution < 1.29 is 0 Å². The highest BCUT2D eigenvalue weighted by atomic mass is 127. The molecule has 0 fully saturated rings. The van der Waals surface area contributed by atoms with Gasteiger partial charge in [0.15, 0.2) is 0 Å². The van der Waals surface area contributed by atoms with E-state index in [0.717, 1.165) is 15.0 Å². The molecule has 1 N–H and O–H groups in total. The van der Waals surface area contributed by atoms with Crippen LogP contribution >= 0.6 is 34.2 Å². The van der Waals surface area contributed by atoms with Crippen molar-refractivity contribution in [2.24, 2.45) is 0 Å². The molecule has 1 atom stereocenters. The van der Waals surface area contributed by atoms with Gasteiger partial charge in [0.05, 0.1) is 5.02 Å². The molecule has 0 aliphatic heterocycles. The van der Waals surface area contributed by atoms with Gasteiger partial charge >= 0.3 is 0 Å². The van der Waals surface area contributed by atoms with Crippen molar-refractivity contribution in [2.45, 2.75) is 18.9 Å². The third kappa shape index (κ3) is 1.60. The Morgan fingerprint density at radius 3 is 3.00 bits per heavy atom. The molecule has 70 valence electrons. The number of hydrogen-bond donors (Lipinski definition) is 1. The van der Waals surface area contributed by atoms with Gasteiger partial charge in [-0.05, 0) is 59.7 Å².